The first kappa shape index (κ1) is 15.6. The van der Waals surface area contributed by atoms with Crippen molar-refractivity contribution in [2.24, 2.45) is 5.10 Å². The van der Waals surface area contributed by atoms with E-state index in [1.807, 2.05) is 35.0 Å². The molecule has 1 aliphatic rings. The monoisotopic (exact) mass is 330 g/mol. The van der Waals surface area contributed by atoms with Crippen molar-refractivity contribution in [3.63, 3.8) is 0 Å². The van der Waals surface area contributed by atoms with Gasteiger partial charge in [0.05, 0.1) is 26.0 Å². The zero-order valence-corrected chi connectivity index (χ0v) is 14.1. The minimum absolute atomic E-state index is 0.0851. The van der Waals surface area contributed by atoms with E-state index in [4.69, 9.17) is 9.47 Å². The zero-order chi connectivity index (χ0) is 16.4. The minimum Gasteiger partial charge on any atom is -0.497 e. The van der Waals surface area contributed by atoms with Crippen LogP contribution in [-0.4, -0.2) is 30.8 Å². The molecule has 6 heteroatoms. The van der Waals surface area contributed by atoms with Gasteiger partial charge in [0, 0.05) is 30.5 Å². The number of rotatable bonds is 4. The number of carbonyl (C=O) groups is 1. The fourth-order valence-electron chi connectivity index (χ4n) is 2.74. The maximum absolute atomic E-state index is 12.0. The van der Waals surface area contributed by atoms with E-state index in [1.165, 1.54) is 11.9 Å². The molecule has 0 N–H and O–H groups in total. The second kappa shape index (κ2) is 6.42. The van der Waals surface area contributed by atoms with E-state index >= 15 is 0 Å². The topological polar surface area (TPSA) is 51.1 Å². The highest BCUT2D eigenvalue weighted by molar-refractivity contribution is 7.08. The first-order valence-corrected chi connectivity index (χ1v) is 8.20. The lowest BCUT2D eigenvalue weighted by molar-refractivity contribution is -0.130. The van der Waals surface area contributed by atoms with Crippen LogP contribution in [0.3, 0.4) is 0 Å². The molecule has 5 nitrogen and oxygen atoms in total. The lowest BCUT2D eigenvalue weighted by Gasteiger charge is -2.22. The lowest BCUT2D eigenvalue weighted by Crippen LogP contribution is -2.24. The molecule has 1 aromatic heterocycles. The highest BCUT2D eigenvalue weighted by Gasteiger charge is 2.33. The second-order valence-electron chi connectivity index (χ2n) is 5.25. The van der Waals surface area contributed by atoms with E-state index in [2.05, 4.69) is 5.10 Å². The van der Waals surface area contributed by atoms with E-state index in [0.29, 0.717) is 12.2 Å². The molecule has 0 bridgehead atoms. The smallest absolute Gasteiger partial charge is 0.240 e. The van der Waals surface area contributed by atoms with Crippen LogP contribution in [-0.2, 0) is 4.79 Å². The predicted octanol–water partition coefficient (Wildman–Crippen LogP) is 3.46. The maximum atomic E-state index is 12.0. The predicted molar refractivity (Wildman–Crippen MR) is 90.3 cm³/mol. The molecule has 0 aliphatic carbocycles. The Kier molecular flexibility index (Phi) is 4.34. The Morgan fingerprint density at radius 3 is 2.74 bits per heavy atom. The van der Waals surface area contributed by atoms with Gasteiger partial charge in [-0.2, -0.15) is 16.4 Å². The highest BCUT2D eigenvalue weighted by atomic mass is 32.1. The van der Waals surface area contributed by atoms with Gasteiger partial charge in [-0.05, 0) is 29.0 Å². The van der Waals surface area contributed by atoms with E-state index in [0.717, 1.165) is 22.6 Å². The Bertz CT molecular complexity index is 740. The van der Waals surface area contributed by atoms with Gasteiger partial charge in [-0.25, -0.2) is 5.01 Å². The lowest BCUT2D eigenvalue weighted by atomic mass is 9.98. The van der Waals surface area contributed by atoms with Gasteiger partial charge in [0.2, 0.25) is 5.91 Å². The maximum Gasteiger partial charge on any atom is 0.240 e. The molecule has 0 spiro atoms. The van der Waals surface area contributed by atoms with E-state index in [1.54, 1.807) is 25.6 Å². The fraction of sp³-hybridized carbons (Fsp3) is 0.294. The molecule has 1 atom stereocenters. The molecule has 1 aliphatic heterocycles. The van der Waals surface area contributed by atoms with Crippen LogP contribution in [0.25, 0.3) is 0 Å². The minimum atomic E-state index is -0.164. The molecule has 0 saturated carbocycles. The van der Waals surface area contributed by atoms with Crippen LogP contribution in [0.1, 0.15) is 30.5 Å². The zero-order valence-electron chi connectivity index (χ0n) is 13.3. The number of amides is 1. The van der Waals surface area contributed by atoms with Crippen LogP contribution in [0.15, 0.2) is 40.1 Å². The van der Waals surface area contributed by atoms with Crippen LogP contribution < -0.4 is 9.47 Å². The summed E-state index contributed by atoms with van der Waals surface area (Å²) in [5.74, 6) is 1.33. The first-order valence-electron chi connectivity index (χ1n) is 7.25. The first-order chi connectivity index (χ1) is 11.1. The van der Waals surface area contributed by atoms with Gasteiger partial charge >= 0.3 is 0 Å². The van der Waals surface area contributed by atoms with E-state index in [9.17, 15) is 4.79 Å². The average Bonchev–Trinajstić information content (AvgIpc) is 3.23. The van der Waals surface area contributed by atoms with Crippen LogP contribution in [0.4, 0.5) is 0 Å². The van der Waals surface area contributed by atoms with Gasteiger partial charge in [0.15, 0.2) is 0 Å². The van der Waals surface area contributed by atoms with Gasteiger partial charge in [-0.1, -0.05) is 0 Å². The van der Waals surface area contributed by atoms with Crippen molar-refractivity contribution in [1.29, 1.82) is 0 Å². The van der Waals surface area contributed by atoms with Crippen LogP contribution in [0, 0.1) is 0 Å². The van der Waals surface area contributed by atoms with Crippen molar-refractivity contribution >= 4 is 23.0 Å². The van der Waals surface area contributed by atoms with Gasteiger partial charge in [0.1, 0.15) is 11.5 Å². The number of thiophene rings is 1. The number of nitrogens with zero attached hydrogens (tertiary/aromatic N) is 2. The molecule has 1 unspecified atom stereocenters. The highest BCUT2D eigenvalue weighted by Crippen LogP contribution is 2.39. The largest absolute Gasteiger partial charge is 0.497 e. The van der Waals surface area contributed by atoms with Crippen molar-refractivity contribution < 1.29 is 14.3 Å². The molecule has 0 saturated heterocycles. The molecule has 120 valence electrons. The third-order valence-electron chi connectivity index (χ3n) is 3.89. The SMILES string of the molecule is COc1ccc(C2CC(c3ccsc3)=NN2C(C)=O)c(OC)c1. The van der Waals surface area contributed by atoms with Gasteiger partial charge in [-0.15, -0.1) is 0 Å². The van der Waals surface area contributed by atoms with Crippen molar-refractivity contribution in [3.8, 4) is 11.5 Å². The van der Waals surface area contributed by atoms with Crippen molar-refractivity contribution in [3.05, 3.63) is 46.2 Å². The van der Waals surface area contributed by atoms with Crippen LogP contribution in [0.2, 0.25) is 0 Å². The molecule has 0 radical (unpaired) electrons. The summed E-state index contributed by atoms with van der Waals surface area (Å²) >= 11 is 1.62. The summed E-state index contributed by atoms with van der Waals surface area (Å²) in [6.45, 7) is 1.53. The third-order valence-corrected chi connectivity index (χ3v) is 4.57. The van der Waals surface area contributed by atoms with Gasteiger partial charge in [-0.3, -0.25) is 4.79 Å². The Morgan fingerprint density at radius 1 is 1.30 bits per heavy atom. The molecule has 3 rings (SSSR count). The summed E-state index contributed by atoms with van der Waals surface area (Å²) in [5, 5.41) is 10.1. The van der Waals surface area contributed by atoms with Gasteiger partial charge in [0.25, 0.3) is 0 Å². The molecular weight excluding hydrogens is 312 g/mol. The number of hydrogen-bond donors (Lipinski definition) is 0. The molecule has 2 heterocycles. The average molecular weight is 330 g/mol. The number of carbonyl (C=O) groups excluding carboxylic acids is 1. The Balaban J connectivity index is 1.98. The van der Waals surface area contributed by atoms with E-state index < -0.39 is 0 Å². The molecule has 1 amide bonds. The number of hydrogen-bond acceptors (Lipinski definition) is 5. The van der Waals surface area contributed by atoms with Crippen molar-refractivity contribution in [2.75, 3.05) is 14.2 Å². The quantitative estimate of drug-likeness (QED) is 0.862. The summed E-state index contributed by atoms with van der Waals surface area (Å²) in [6.07, 6.45) is 0.666. The number of benzene rings is 1. The second-order valence-corrected chi connectivity index (χ2v) is 6.03. The normalized spacial score (nSPS) is 17.1. The van der Waals surface area contributed by atoms with Gasteiger partial charge < -0.3 is 9.47 Å². The third kappa shape index (κ3) is 2.94. The summed E-state index contributed by atoms with van der Waals surface area (Å²) in [7, 11) is 3.23. The Hall–Kier alpha value is -2.34. The fourth-order valence-corrected chi connectivity index (χ4v) is 3.40. The summed E-state index contributed by atoms with van der Waals surface area (Å²) in [4.78, 5) is 12.0. The summed E-state index contributed by atoms with van der Waals surface area (Å²) in [5.41, 5.74) is 2.91. The number of hydrazone groups is 1. The number of methoxy groups -OCH3 is 2. The molecule has 0 fully saturated rings. The van der Waals surface area contributed by atoms with Crippen LogP contribution >= 0.6 is 11.3 Å². The van der Waals surface area contributed by atoms with Crippen molar-refractivity contribution in [1.82, 2.24) is 5.01 Å². The standard InChI is InChI=1S/C17H18N2O3S/c1-11(20)19-16(9-15(18-19)12-6-7-23-10-12)14-5-4-13(21-2)8-17(14)22-3/h4-8,10,16H,9H2,1-3H3. The number of ether oxygens (including phenoxy) is 2. The Morgan fingerprint density at radius 2 is 2.13 bits per heavy atom. The van der Waals surface area contributed by atoms with Crippen LogP contribution in [0.5, 0.6) is 11.5 Å². The van der Waals surface area contributed by atoms with E-state index in [-0.39, 0.29) is 11.9 Å². The summed E-state index contributed by atoms with van der Waals surface area (Å²) < 4.78 is 10.7. The molecule has 2 aromatic rings. The summed E-state index contributed by atoms with van der Waals surface area (Å²) in [6, 6.07) is 7.50. The molecule has 23 heavy (non-hydrogen) atoms. The Labute approximate surface area is 139 Å². The molecule has 1 aromatic carbocycles. The molecular formula is C17H18N2O3S. The van der Waals surface area contributed by atoms with Crippen molar-refractivity contribution in [2.45, 2.75) is 19.4 Å².